The van der Waals surface area contributed by atoms with Crippen LogP contribution in [0, 0.1) is 0 Å². The molecule has 3 heteroatoms. The zero-order chi connectivity index (χ0) is 6.53. The second-order valence-electron chi connectivity index (χ2n) is 2.24. The SMILES string of the molecule is CSOCC1CCCN1. The minimum atomic E-state index is 0.623. The third-order valence-corrected chi connectivity index (χ3v) is 1.92. The fraction of sp³-hybridized carbons (Fsp3) is 1.00. The van der Waals surface area contributed by atoms with Crippen molar-refractivity contribution >= 4 is 12.0 Å². The molecule has 0 aromatic heterocycles. The van der Waals surface area contributed by atoms with E-state index in [2.05, 4.69) is 5.32 Å². The Labute approximate surface area is 60.6 Å². The van der Waals surface area contributed by atoms with Gasteiger partial charge in [-0.15, -0.1) is 0 Å². The second-order valence-corrected chi connectivity index (χ2v) is 2.81. The van der Waals surface area contributed by atoms with E-state index >= 15 is 0 Å². The van der Waals surface area contributed by atoms with Gasteiger partial charge in [0.15, 0.2) is 0 Å². The van der Waals surface area contributed by atoms with Gasteiger partial charge in [-0.1, -0.05) is 0 Å². The summed E-state index contributed by atoms with van der Waals surface area (Å²) in [5, 5.41) is 3.35. The zero-order valence-electron chi connectivity index (χ0n) is 5.72. The van der Waals surface area contributed by atoms with Gasteiger partial charge in [-0.3, -0.25) is 0 Å². The smallest absolute Gasteiger partial charge is 0.0767 e. The van der Waals surface area contributed by atoms with E-state index in [1.807, 2.05) is 6.26 Å². The summed E-state index contributed by atoms with van der Waals surface area (Å²) < 4.78 is 5.17. The molecule has 54 valence electrons. The van der Waals surface area contributed by atoms with Crippen molar-refractivity contribution in [2.75, 3.05) is 19.4 Å². The van der Waals surface area contributed by atoms with E-state index in [0.29, 0.717) is 6.04 Å². The van der Waals surface area contributed by atoms with Gasteiger partial charge in [0.05, 0.1) is 6.61 Å². The fourth-order valence-corrected chi connectivity index (χ4v) is 1.35. The van der Waals surface area contributed by atoms with Gasteiger partial charge >= 0.3 is 0 Å². The van der Waals surface area contributed by atoms with E-state index < -0.39 is 0 Å². The van der Waals surface area contributed by atoms with Crippen LogP contribution in [-0.2, 0) is 4.18 Å². The summed E-state index contributed by atoms with van der Waals surface area (Å²) in [6.45, 7) is 2.03. The second kappa shape index (κ2) is 4.14. The lowest BCUT2D eigenvalue weighted by molar-refractivity contribution is 0.322. The van der Waals surface area contributed by atoms with E-state index in [0.717, 1.165) is 6.61 Å². The Kier molecular flexibility index (Phi) is 3.40. The molecule has 0 spiro atoms. The number of hydrogen-bond acceptors (Lipinski definition) is 3. The van der Waals surface area contributed by atoms with Crippen LogP contribution in [0.15, 0.2) is 0 Å². The number of nitrogens with one attached hydrogen (secondary N) is 1. The Morgan fingerprint density at radius 2 is 2.67 bits per heavy atom. The summed E-state index contributed by atoms with van der Waals surface area (Å²) in [6.07, 6.45) is 4.54. The summed E-state index contributed by atoms with van der Waals surface area (Å²) in [4.78, 5) is 0. The van der Waals surface area contributed by atoms with Crippen LogP contribution in [0.3, 0.4) is 0 Å². The lowest BCUT2D eigenvalue weighted by atomic mass is 10.2. The molecule has 1 aliphatic rings. The third-order valence-electron chi connectivity index (χ3n) is 1.55. The molecule has 1 rings (SSSR count). The Balaban J connectivity index is 1.98. The molecule has 1 fully saturated rings. The van der Waals surface area contributed by atoms with Gasteiger partial charge in [-0.25, -0.2) is 0 Å². The van der Waals surface area contributed by atoms with Crippen LogP contribution >= 0.6 is 12.0 Å². The normalized spacial score (nSPS) is 27.0. The monoisotopic (exact) mass is 147 g/mol. The molecule has 9 heavy (non-hydrogen) atoms. The first-order valence-corrected chi connectivity index (χ1v) is 4.47. The van der Waals surface area contributed by atoms with E-state index in [9.17, 15) is 0 Å². The molecule has 1 saturated heterocycles. The van der Waals surface area contributed by atoms with Crippen LogP contribution in [0.1, 0.15) is 12.8 Å². The van der Waals surface area contributed by atoms with Gasteiger partial charge in [0, 0.05) is 12.3 Å². The largest absolute Gasteiger partial charge is 0.314 e. The summed E-state index contributed by atoms with van der Waals surface area (Å²) in [5.74, 6) is 0. The van der Waals surface area contributed by atoms with E-state index in [1.165, 1.54) is 31.4 Å². The van der Waals surface area contributed by atoms with Gasteiger partial charge < -0.3 is 9.50 Å². The maximum absolute atomic E-state index is 5.17. The summed E-state index contributed by atoms with van der Waals surface area (Å²) in [5.41, 5.74) is 0. The molecule has 1 heterocycles. The van der Waals surface area contributed by atoms with E-state index in [4.69, 9.17) is 4.18 Å². The molecule has 0 aromatic rings. The molecule has 0 bridgehead atoms. The van der Waals surface area contributed by atoms with E-state index in [-0.39, 0.29) is 0 Å². The van der Waals surface area contributed by atoms with Crippen LogP contribution in [0.25, 0.3) is 0 Å². The van der Waals surface area contributed by atoms with Crippen molar-refractivity contribution < 1.29 is 4.18 Å². The van der Waals surface area contributed by atoms with Gasteiger partial charge in [-0.05, 0) is 31.4 Å². The van der Waals surface area contributed by atoms with Crippen molar-refractivity contribution in [1.82, 2.24) is 5.32 Å². The lowest BCUT2D eigenvalue weighted by Gasteiger charge is -2.06. The molecule has 1 aliphatic heterocycles. The molecule has 1 N–H and O–H groups in total. The summed E-state index contributed by atoms with van der Waals surface area (Å²) in [7, 11) is 0. The van der Waals surface area contributed by atoms with Crippen molar-refractivity contribution in [2.45, 2.75) is 18.9 Å². The van der Waals surface area contributed by atoms with Crippen molar-refractivity contribution in [1.29, 1.82) is 0 Å². The van der Waals surface area contributed by atoms with Gasteiger partial charge in [0.2, 0.25) is 0 Å². The van der Waals surface area contributed by atoms with E-state index in [1.54, 1.807) is 0 Å². The average molecular weight is 147 g/mol. The van der Waals surface area contributed by atoms with Crippen molar-refractivity contribution in [3.63, 3.8) is 0 Å². The van der Waals surface area contributed by atoms with Crippen molar-refractivity contribution in [3.8, 4) is 0 Å². The van der Waals surface area contributed by atoms with Crippen molar-refractivity contribution in [3.05, 3.63) is 0 Å². The van der Waals surface area contributed by atoms with Crippen LogP contribution < -0.4 is 5.32 Å². The summed E-state index contributed by atoms with van der Waals surface area (Å²) in [6, 6.07) is 0.623. The van der Waals surface area contributed by atoms with Crippen LogP contribution in [0.4, 0.5) is 0 Å². The van der Waals surface area contributed by atoms with Crippen LogP contribution in [-0.4, -0.2) is 25.4 Å². The average Bonchev–Trinajstić information content (AvgIpc) is 2.34. The topological polar surface area (TPSA) is 21.3 Å². The molecule has 0 radical (unpaired) electrons. The highest BCUT2D eigenvalue weighted by atomic mass is 32.2. The molecule has 0 aromatic carbocycles. The molecule has 2 nitrogen and oxygen atoms in total. The molecule has 0 saturated carbocycles. The maximum Gasteiger partial charge on any atom is 0.0767 e. The van der Waals surface area contributed by atoms with Gasteiger partial charge in [0.25, 0.3) is 0 Å². The van der Waals surface area contributed by atoms with Crippen LogP contribution in [0.2, 0.25) is 0 Å². The zero-order valence-corrected chi connectivity index (χ0v) is 6.54. The highest BCUT2D eigenvalue weighted by molar-refractivity contribution is 7.93. The molecular formula is C6H13NOS. The minimum absolute atomic E-state index is 0.623. The Bertz CT molecular complexity index is 73.5. The Morgan fingerprint density at radius 1 is 1.78 bits per heavy atom. The molecule has 1 unspecified atom stereocenters. The molecule has 1 atom stereocenters. The Hall–Kier alpha value is 0.270. The first-order chi connectivity index (χ1) is 4.43. The van der Waals surface area contributed by atoms with Gasteiger partial charge in [0.1, 0.15) is 0 Å². The highest BCUT2D eigenvalue weighted by Crippen LogP contribution is 2.07. The number of hydrogen-bond donors (Lipinski definition) is 1. The summed E-state index contributed by atoms with van der Waals surface area (Å²) >= 11 is 1.45. The maximum atomic E-state index is 5.17. The minimum Gasteiger partial charge on any atom is -0.314 e. The quantitative estimate of drug-likeness (QED) is 0.602. The standard InChI is InChI=1S/C6H13NOS/c1-9-8-5-6-3-2-4-7-6/h6-7H,2-5H2,1H3. The molecule has 0 aliphatic carbocycles. The number of rotatable bonds is 3. The fourth-order valence-electron chi connectivity index (χ4n) is 1.05. The Morgan fingerprint density at radius 3 is 3.22 bits per heavy atom. The highest BCUT2D eigenvalue weighted by Gasteiger charge is 2.12. The third kappa shape index (κ3) is 2.56. The van der Waals surface area contributed by atoms with Crippen molar-refractivity contribution in [2.24, 2.45) is 0 Å². The first-order valence-electron chi connectivity index (χ1n) is 3.32. The molecular weight excluding hydrogens is 134 g/mol. The predicted molar refractivity (Wildman–Crippen MR) is 40.5 cm³/mol. The predicted octanol–water partition coefficient (Wildman–Crippen LogP) is 1.03. The molecule has 0 amide bonds. The lowest BCUT2D eigenvalue weighted by Crippen LogP contribution is -2.25. The van der Waals surface area contributed by atoms with Crippen LogP contribution in [0.5, 0.6) is 0 Å². The first kappa shape index (κ1) is 7.38. The van der Waals surface area contributed by atoms with Gasteiger partial charge in [-0.2, -0.15) is 0 Å².